The smallest absolute Gasteiger partial charge is 0.0435 e. The van der Waals surface area contributed by atoms with Gasteiger partial charge < -0.3 is 0 Å². The maximum absolute atomic E-state index is 5.58. The van der Waals surface area contributed by atoms with Crippen LogP contribution >= 0.6 is 104 Å². The topological polar surface area (TPSA) is 0 Å². The van der Waals surface area contributed by atoms with E-state index in [4.69, 9.17) is 104 Å². The van der Waals surface area contributed by atoms with Gasteiger partial charge >= 0.3 is 0 Å². The van der Waals surface area contributed by atoms with Gasteiger partial charge in [-0.1, -0.05) is 112 Å². The average molecular weight is 560 g/mol. The van der Waals surface area contributed by atoms with Gasteiger partial charge in [-0.3, -0.25) is 0 Å². The van der Waals surface area contributed by atoms with E-state index in [-0.39, 0.29) is 7.43 Å². The highest BCUT2D eigenvalue weighted by Crippen LogP contribution is 2.23. The quantitative estimate of drug-likeness (QED) is 0.257. The summed E-state index contributed by atoms with van der Waals surface area (Å²) in [6.45, 7) is 0. The van der Waals surface area contributed by atoms with Crippen molar-refractivity contribution in [2.45, 2.75) is 7.43 Å². The Morgan fingerprint density at radius 2 is 0.321 bits per heavy atom. The highest BCUT2D eigenvalue weighted by atomic mass is 35.5. The molecule has 0 atom stereocenters. The van der Waals surface area contributed by atoms with Crippen molar-refractivity contribution in [1.82, 2.24) is 0 Å². The van der Waals surface area contributed by atoms with Crippen LogP contribution in [0.25, 0.3) is 0 Å². The van der Waals surface area contributed by atoms with E-state index < -0.39 is 0 Å². The predicted octanol–water partition coefficient (Wildman–Crippen LogP) is 11.6. The van der Waals surface area contributed by atoms with E-state index >= 15 is 0 Å². The number of rotatable bonds is 0. The normalized spacial score (nSPS) is 9.32. The second-order valence-electron chi connectivity index (χ2n) is 4.76. The summed E-state index contributed by atoms with van der Waals surface area (Å²) in [6.07, 6.45) is 0. The Morgan fingerprint density at radius 3 is 0.393 bits per heavy atom. The monoisotopic (exact) mass is 556 g/mol. The van der Waals surface area contributed by atoms with Crippen molar-refractivity contribution < 1.29 is 0 Å². The maximum Gasteiger partial charge on any atom is 0.0435 e. The van der Waals surface area contributed by atoms with Gasteiger partial charge in [0.15, 0.2) is 0 Å². The van der Waals surface area contributed by atoms with Gasteiger partial charge in [0.25, 0.3) is 0 Å². The first-order valence-electron chi connectivity index (χ1n) is 6.90. The van der Waals surface area contributed by atoms with Crippen LogP contribution < -0.4 is 0 Å². The molecule has 3 aromatic carbocycles. The van der Waals surface area contributed by atoms with Gasteiger partial charge in [0.1, 0.15) is 0 Å². The standard InChI is InChI=1S/3C6H3Cl3.CH4/c3*7-4-1-5(8)3-6(9)2-4;/h3*1-3H;1H4. The summed E-state index contributed by atoms with van der Waals surface area (Å²) in [6, 6.07) is 14.7. The van der Waals surface area contributed by atoms with Crippen molar-refractivity contribution in [3.05, 3.63) is 99.8 Å². The minimum Gasteiger partial charge on any atom is -0.0842 e. The first-order chi connectivity index (χ1) is 12.5. The molecule has 0 aromatic heterocycles. The van der Waals surface area contributed by atoms with Gasteiger partial charge in [-0.2, -0.15) is 0 Å². The third kappa shape index (κ3) is 12.8. The van der Waals surface area contributed by atoms with Crippen molar-refractivity contribution in [2.75, 3.05) is 0 Å². The molecule has 0 fully saturated rings. The van der Waals surface area contributed by atoms with E-state index in [1.807, 2.05) is 0 Å². The molecule has 3 aromatic rings. The van der Waals surface area contributed by atoms with Crippen LogP contribution in [0.2, 0.25) is 45.2 Å². The molecule has 9 heteroatoms. The molecule has 0 heterocycles. The van der Waals surface area contributed by atoms with Gasteiger partial charge in [0.2, 0.25) is 0 Å². The molecule has 0 saturated carbocycles. The lowest BCUT2D eigenvalue weighted by Gasteiger charge is -1.91. The van der Waals surface area contributed by atoms with Crippen LogP contribution in [0.4, 0.5) is 0 Å². The van der Waals surface area contributed by atoms with E-state index in [1.165, 1.54) is 0 Å². The van der Waals surface area contributed by atoms with Crippen molar-refractivity contribution in [1.29, 1.82) is 0 Å². The summed E-state index contributed by atoms with van der Waals surface area (Å²) in [4.78, 5) is 0. The van der Waals surface area contributed by atoms with Crippen LogP contribution in [0, 0.1) is 0 Å². The summed E-state index contributed by atoms with van der Waals surface area (Å²) in [5, 5.41) is 5.06. The zero-order chi connectivity index (χ0) is 20.6. The Morgan fingerprint density at radius 1 is 0.250 bits per heavy atom. The molecule has 0 nitrogen and oxygen atoms in total. The largest absolute Gasteiger partial charge is 0.0842 e. The third-order valence-corrected chi connectivity index (χ3v) is 4.45. The molecule has 0 spiro atoms. The predicted molar refractivity (Wildman–Crippen MR) is 131 cm³/mol. The molecule has 0 aliphatic rings. The molecule has 0 saturated heterocycles. The Labute approximate surface area is 210 Å². The van der Waals surface area contributed by atoms with Gasteiger partial charge in [0.05, 0.1) is 0 Å². The number of hydrogen-bond donors (Lipinski definition) is 0. The Balaban J connectivity index is 0.000000384. The number of benzene rings is 3. The van der Waals surface area contributed by atoms with Crippen molar-refractivity contribution in [2.24, 2.45) is 0 Å². The Bertz CT molecular complexity index is 625. The van der Waals surface area contributed by atoms with E-state index in [1.54, 1.807) is 54.6 Å². The van der Waals surface area contributed by atoms with Gasteiger partial charge in [-0.25, -0.2) is 0 Å². The summed E-state index contributed by atoms with van der Waals surface area (Å²) >= 11 is 50.2. The molecule has 0 unspecified atom stereocenters. The molecule has 3 rings (SSSR count). The van der Waals surface area contributed by atoms with E-state index in [0.717, 1.165) is 0 Å². The first-order valence-corrected chi connectivity index (χ1v) is 10.3. The van der Waals surface area contributed by atoms with Gasteiger partial charge in [0, 0.05) is 45.2 Å². The first kappa shape index (κ1) is 28.3. The fraction of sp³-hybridized carbons (Fsp3) is 0.0526. The summed E-state index contributed by atoms with van der Waals surface area (Å²) in [5.74, 6) is 0. The zero-order valence-electron chi connectivity index (χ0n) is 13.1. The van der Waals surface area contributed by atoms with Crippen LogP contribution in [-0.4, -0.2) is 0 Å². The lowest BCUT2D eigenvalue weighted by atomic mass is 10.4. The van der Waals surface area contributed by atoms with Crippen molar-refractivity contribution in [3.63, 3.8) is 0 Å². The molecule has 0 aliphatic carbocycles. The van der Waals surface area contributed by atoms with E-state index in [9.17, 15) is 0 Å². The van der Waals surface area contributed by atoms with Crippen LogP contribution in [0.5, 0.6) is 0 Å². The fourth-order valence-corrected chi connectivity index (χ4v) is 4.18. The van der Waals surface area contributed by atoms with Crippen LogP contribution in [-0.2, 0) is 0 Å². The number of hydrogen-bond acceptors (Lipinski definition) is 0. The molecular weight excluding hydrogens is 547 g/mol. The highest BCUT2D eigenvalue weighted by molar-refractivity contribution is 6.39. The Kier molecular flexibility index (Phi) is 14.4. The lowest BCUT2D eigenvalue weighted by Crippen LogP contribution is -1.65. The number of halogens is 9. The van der Waals surface area contributed by atoms with Gasteiger partial charge in [-0.05, 0) is 54.6 Å². The van der Waals surface area contributed by atoms with Crippen molar-refractivity contribution in [3.8, 4) is 0 Å². The maximum atomic E-state index is 5.58. The summed E-state index contributed by atoms with van der Waals surface area (Å²) in [7, 11) is 0. The van der Waals surface area contributed by atoms with Crippen LogP contribution in [0.15, 0.2) is 54.6 Å². The van der Waals surface area contributed by atoms with Crippen LogP contribution in [0.1, 0.15) is 7.43 Å². The zero-order valence-corrected chi connectivity index (χ0v) is 19.9. The second kappa shape index (κ2) is 14.3. The average Bonchev–Trinajstić information content (AvgIpc) is 2.43. The minimum atomic E-state index is 0. The molecule has 0 amide bonds. The fourth-order valence-electron chi connectivity index (χ4n) is 1.56. The van der Waals surface area contributed by atoms with Crippen LogP contribution in [0.3, 0.4) is 0 Å². The molecule has 152 valence electrons. The summed E-state index contributed by atoms with van der Waals surface area (Å²) < 4.78 is 0. The summed E-state index contributed by atoms with van der Waals surface area (Å²) in [5.41, 5.74) is 0. The van der Waals surface area contributed by atoms with Gasteiger partial charge in [-0.15, -0.1) is 0 Å². The molecular formula is C19H13Cl9. The molecule has 0 radical (unpaired) electrons. The highest BCUT2D eigenvalue weighted by Gasteiger charge is 1.94. The second-order valence-corrected chi connectivity index (χ2v) is 8.69. The van der Waals surface area contributed by atoms with E-state index in [2.05, 4.69) is 0 Å². The van der Waals surface area contributed by atoms with Crippen molar-refractivity contribution >= 4 is 104 Å². The SMILES string of the molecule is C.Clc1cc(Cl)cc(Cl)c1.Clc1cc(Cl)cc(Cl)c1.Clc1cc(Cl)cc(Cl)c1. The molecule has 0 bridgehead atoms. The minimum absolute atomic E-state index is 0. The lowest BCUT2D eigenvalue weighted by molar-refractivity contribution is 1.70. The molecule has 0 aliphatic heterocycles. The Hall–Kier alpha value is 0.270. The third-order valence-electron chi connectivity index (χ3n) is 2.48. The molecule has 0 N–H and O–H groups in total. The molecule has 28 heavy (non-hydrogen) atoms. The van der Waals surface area contributed by atoms with E-state index in [0.29, 0.717) is 45.2 Å².